The molecule has 0 radical (unpaired) electrons. The van der Waals surface area contributed by atoms with Gasteiger partial charge in [0.25, 0.3) is 0 Å². The van der Waals surface area contributed by atoms with E-state index in [2.05, 4.69) is 0 Å². The molecular formula is C10H12O3. The number of aliphatic hydroxyl groups excluding tert-OH is 2. The molecule has 0 spiro atoms. The monoisotopic (exact) mass is 180 g/mol. The number of ether oxygens (including phenoxy) is 1. The van der Waals surface area contributed by atoms with E-state index < -0.39 is 6.10 Å². The molecule has 70 valence electrons. The van der Waals surface area contributed by atoms with Crippen molar-refractivity contribution in [2.45, 2.75) is 12.5 Å². The summed E-state index contributed by atoms with van der Waals surface area (Å²) in [6, 6.07) is 5.54. The Morgan fingerprint density at radius 2 is 2.31 bits per heavy atom. The fraction of sp³-hybridized carbons (Fsp3) is 0.400. The predicted octanol–water partition coefficient (Wildman–Crippen LogP) is 0.647. The molecule has 2 N–H and O–H groups in total. The lowest BCUT2D eigenvalue weighted by Crippen LogP contribution is -2.04. The van der Waals surface area contributed by atoms with E-state index in [4.69, 9.17) is 9.84 Å². The second kappa shape index (κ2) is 3.36. The van der Waals surface area contributed by atoms with Gasteiger partial charge < -0.3 is 14.9 Å². The highest BCUT2D eigenvalue weighted by molar-refractivity contribution is 5.43. The summed E-state index contributed by atoms with van der Waals surface area (Å²) in [5.74, 6) is 0.838. The summed E-state index contributed by atoms with van der Waals surface area (Å²) in [6.07, 6.45) is 0.0411. The molecule has 0 unspecified atom stereocenters. The first-order valence-electron chi connectivity index (χ1n) is 4.36. The highest BCUT2D eigenvalue weighted by Crippen LogP contribution is 2.31. The molecule has 1 aliphatic rings. The fourth-order valence-corrected chi connectivity index (χ4v) is 1.66. The van der Waals surface area contributed by atoms with E-state index in [-0.39, 0.29) is 6.61 Å². The van der Waals surface area contributed by atoms with Gasteiger partial charge in [-0.2, -0.15) is 0 Å². The zero-order valence-electron chi connectivity index (χ0n) is 7.23. The van der Waals surface area contributed by atoms with E-state index in [1.807, 2.05) is 18.2 Å². The molecule has 0 amide bonds. The van der Waals surface area contributed by atoms with Gasteiger partial charge in [0.15, 0.2) is 0 Å². The van der Waals surface area contributed by atoms with Crippen molar-refractivity contribution in [3.8, 4) is 5.75 Å². The second-order valence-corrected chi connectivity index (χ2v) is 3.12. The van der Waals surface area contributed by atoms with Gasteiger partial charge in [0.1, 0.15) is 11.9 Å². The SMILES string of the molecule is OC[C@@H](O)c1cccc2c1CCO2. The fourth-order valence-electron chi connectivity index (χ4n) is 1.66. The Bertz CT molecular complexity index is 309. The van der Waals surface area contributed by atoms with Crippen LogP contribution in [0.5, 0.6) is 5.75 Å². The minimum absolute atomic E-state index is 0.240. The van der Waals surface area contributed by atoms with Crippen LogP contribution in [-0.2, 0) is 6.42 Å². The van der Waals surface area contributed by atoms with Crippen LogP contribution in [0.2, 0.25) is 0 Å². The number of aliphatic hydroxyl groups is 2. The van der Waals surface area contributed by atoms with Crippen LogP contribution in [0.3, 0.4) is 0 Å². The van der Waals surface area contributed by atoms with E-state index >= 15 is 0 Å². The molecule has 0 bridgehead atoms. The average Bonchev–Trinajstić information content (AvgIpc) is 2.63. The average molecular weight is 180 g/mol. The molecule has 13 heavy (non-hydrogen) atoms. The summed E-state index contributed by atoms with van der Waals surface area (Å²) in [7, 11) is 0. The first-order chi connectivity index (χ1) is 6.33. The van der Waals surface area contributed by atoms with Crippen LogP contribution in [0.4, 0.5) is 0 Å². The van der Waals surface area contributed by atoms with Crippen LogP contribution in [0.1, 0.15) is 17.2 Å². The molecule has 0 fully saturated rings. The lowest BCUT2D eigenvalue weighted by Gasteiger charge is -2.10. The van der Waals surface area contributed by atoms with Gasteiger partial charge in [0.2, 0.25) is 0 Å². The zero-order valence-corrected chi connectivity index (χ0v) is 7.23. The molecule has 1 aromatic rings. The third-order valence-electron chi connectivity index (χ3n) is 2.31. The van der Waals surface area contributed by atoms with Crippen LogP contribution in [0, 0.1) is 0 Å². The van der Waals surface area contributed by atoms with E-state index in [1.54, 1.807) is 0 Å². The summed E-state index contributed by atoms with van der Waals surface area (Å²) in [5, 5.41) is 18.3. The van der Waals surface area contributed by atoms with E-state index in [1.165, 1.54) is 0 Å². The van der Waals surface area contributed by atoms with Gasteiger partial charge in [-0.1, -0.05) is 12.1 Å². The summed E-state index contributed by atoms with van der Waals surface area (Å²) in [6.45, 7) is 0.431. The van der Waals surface area contributed by atoms with Crippen LogP contribution < -0.4 is 4.74 Å². The molecule has 3 nitrogen and oxygen atoms in total. The standard InChI is InChI=1S/C10H12O3/c11-6-9(12)7-2-1-3-10-8(7)4-5-13-10/h1-3,9,11-12H,4-6H2/t9-/m1/s1. The van der Waals surface area contributed by atoms with Gasteiger partial charge in [0.05, 0.1) is 13.2 Å². The van der Waals surface area contributed by atoms with Crippen LogP contribution in [0.25, 0.3) is 0 Å². The van der Waals surface area contributed by atoms with Crippen molar-refractivity contribution >= 4 is 0 Å². The number of benzene rings is 1. The maximum Gasteiger partial charge on any atom is 0.122 e. The lowest BCUT2D eigenvalue weighted by molar-refractivity contribution is 0.0950. The molecule has 0 saturated carbocycles. The summed E-state index contributed by atoms with van der Waals surface area (Å²) >= 11 is 0. The van der Waals surface area contributed by atoms with Gasteiger partial charge >= 0.3 is 0 Å². The molecule has 1 heterocycles. The predicted molar refractivity (Wildman–Crippen MR) is 47.7 cm³/mol. The number of fused-ring (bicyclic) bond motifs is 1. The molecule has 1 aromatic carbocycles. The normalized spacial score (nSPS) is 16.5. The molecule has 2 rings (SSSR count). The Morgan fingerprint density at radius 3 is 3.08 bits per heavy atom. The third kappa shape index (κ3) is 1.41. The molecule has 1 atom stereocenters. The molecule has 0 aromatic heterocycles. The highest BCUT2D eigenvalue weighted by Gasteiger charge is 2.19. The zero-order chi connectivity index (χ0) is 9.26. The molecule has 0 aliphatic carbocycles. The summed E-state index contributed by atoms with van der Waals surface area (Å²) in [5.41, 5.74) is 1.82. The van der Waals surface area contributed by atoms with Crippen LogP contribution in [0.15, 0.2) is 18.2 Å². The second-order valence-electron chi connectivity index (χ2n) is 3.12. The molecular weight excluding hydrogens is 168 g/mol. The Labute approximate surface area is 76.6 Å². The first-order valence-corrected chi connectivity index (χ1v) is 4.36. The third-order valence-corrected chi connectivity index (χ3v) is 2.31. The summed E-state index contributed by atoms with van der Waals surface area (Å²) < 4.78 is 5.34. The Morgan fingerprint density at radius 1 is 1.46 bits per heavy atom. The van der Waals surface area contributed by atoms with Gasteiger partial charge in [0, 0.05) is 12.0 Å². The van der Waals surface area contributed by atoms with Crippen molar-refractivity contribution in [1.29, 1.82) is 0 Å². The van der Waals surface area contributed by atoms with Crippen LogP contribution >= 0.6 is 0 Å². The maximum absolute atomic E-state index is 9.49. The van der Waals surface area contributed by atoms with Crippen molar-refractivity contribution in [3.05, 3.63) is 29.3 Å². The van der Waals surface area contributed by atoms with E-state index in [0.29, 0.717) is 6.61 Å². The Balaban J connectivity index is 2.41. The smallest absolute Gasteiger partial charge is 0.122 e. The quantitative estimate of drug-likeness (QED) is 0.702. The van der Waals surface area contributed by atoms with Crippen molar-refractivity contribution in [3.63, 3.8) is 0 Å². The van der Waals surface area contributed by atoms with Crippen molar-refractivity contribution < 1.29 is 14.9 Å². The van der Waals surface area contributed by atoms with Crippen LogP contribution in [-0.4, -0.2) is 23.4 Å². The van der Waals surface area contributed by atoms with Gasteiger partial charge in [-0.25, -0.2) is 0 Å². The van der Waals surface area contributed by atoms with Crippen molar-refractivity contribution in [2.24, 2.45) is 0 Å². The van der Waals surface area contributed by atoms with Gasteiger partial charge in [-0.15, -0.1) is 0 Å². The van der Waals surface area contributed by atoms with Crippen molar-refractivity contribution in [2.75, 3.05) is 13.2 Å². The Hall–Kier alpha value is -1.06. The number of hydrogen-bond donors (Lipinski definition) is 2. The summed E-state index contributed by atoms with van der Waals surface area (Å²) in [4.78, 5) is 0. The molecule has 1 aliphatic heterocycles. The largest absolute Gasteiger partial charge is 0.493 e. The molecule has 0 saturated heterocycles. The van der Waals surface area contributed by atoms with Crippen molar-refractivity contribution in [1.82, 2.24) is 0 Å². The minimum Gasteiger partial charge on any atom is -0.493 e. The van der Waals surface area contributed by atoms with Gasteiger partial charge in [-0.3, -0.25) is 0 Å². The lowest BCUT2D eigenvalue weighted by atomic mass is 10.0. The first kappa shape index (κ1) is 8.53. The van der Waals surface area contributed by atoms with E-state index in [0.717, 1.165) is 23.3 Å². The highest BCUT2D eigenvalue weighted by atomic mass is 16.5. The maximum atomic E-state index is 9.49. The Kier molecular flexibility index (Phi) is 2.20. The van der Waals surface area contributed by atoms with Gasteiger partial charge in [-0.05, 0) is 11.6 Å². The minimum atomic E-state index is -0.781. The topological polar surface area (TPSA) is 49.7 Å². The van der Waals surface area contributed by atoms with E-state index in [9.17, 15) is 5.11 Å². The number of rotatable bonds is 2. The number of hydrogen-bond acceptors (Lipinski definition) is 3. The molecule has 3 heteroatoms.